The molecule has 0 saturated heterocycles. The Morgan fingerprint density at radius 3 is 2.82 bits per heavy atom. The fraction of sp³-hybridized carbons (Fsp3) is 0.273. The molecule has 0 fully saturated rings. The lowest BCUT2D eigenvalue weighted by Gasteiger charge is -2.11. The molecule has 1 unspecified atom stereocenters. The fourth-order valence-corrected chi connectivity index (χ4v) is 2.56. The minimum absolute atomic E-state index is 0.0603. The summed E-state index contributed by atoms with van der Waals surface area (Å²) in [5.41, 5.74) is 0.541. The van der Waals surface area contributed by atoms with E-state index in [0.29, 0.717) is 5.69 Å². The molecule has 6 heteroatoms. The highest BCUT2D eigenvalue weighted by Gasteiger charge is 2.15. The van der Waals surface area contributed by atoms with E-state index < -0.39 is 0 Å². The third-order valence-corrected chi connectivity index (χ3v) is 3.84. The van der Waals surface area contributed by atoms with Crippen molar-refractivity contribution in [3.63, 3.8) is 0 Å². The molecular formula is C11H12ClN3OS. The molecule has 2 heterocycles. The summed E-state index contributed by atoms with van der Waals surface area (Å²) in [6.45, 7) is 1.93. The molecular weight excluding hydrogens is 258 g/mol. The van der Waals surface area contributed by atoms with Gasteiger partial charge in [0.15, 0.2) is 0 Å². The van der Waals surface area contributed by atoms with Crippen LogP contribution in [-0.4, -0.2) is 15.7 Å². The van der Waals surface area contributed by atoms with Crippen molar-refractivity contribution in [1.82, 2.24) is 15.1 Å². The number of rotatable bonds is 3. The third kappa shape index (κ3) is 2.68. The summed E-state index contributed by atoms with van der Waals surface area (Å²) >= 11 is 7.33. The molecule has 2 aromatic heterocycles. The molecule has 1 amide bonds. The maximum absolute atomic E-state index is 11.9. The maximum Gasteiger partial charge on any atom is 0.270 e. The molecule has 0 aromatic carbocycles. The summed E-state index contributed by atoms with van der Waals surface area (Å²) in [6, 6.07) is 5.37. The number of carbonyl (C=O) groups excluding carboxylic acids is 1. The molecule has 0 aliphatic rings. The zero-order chi connectivity index (χ0) is 12.4. The topological polar surface area (TPSA) is 46.9 Å². The average Bonchev–Trinajstić information content (AvgIpc) is 2.86. The van der Waals surface area contributed by atoms with Gasteiger partial charge in [-0.2, -0.15) is 5.10 Å². The molecule has 0 spiro atoms. The first-order valence-corrected chi connectivity index (χ1v) is 6.31. The largest absolute Gasteiger partial charge is 0.343 e. The summed E-state index contributed by atoms with van der Waals surface area (Å²) < 4.78 is 2.27. The van der Waals surface area contributed by atoms with E-state index in [1.807, 2.05) is 19.1 Å². The van der Waals surface area contributed by atoms with Crippen LogP contribution in [-0.2, 0) is 7.05 Å². The lowest BCUT2D eigenvalue weighted by Crippen LogP contribution is -2.27. The van der Waals surface area contributed by atoms with Crippen molar-refractivity contribution in [1.29, 1.82) is 0 Å². The standard InChI is InChI=1S/C11H12ClN3OS/c1-7(9-3-4-10(12)17-9)14-11(16)8-5-6-13-15(8)2/h3-7H,1-2H3,(H,14,16). The second-order valence-corrected chi connectivity index (χ2v) is 5.42. The van der Waals surface area contributed by atoms with Gasteiger partial charge in [0.1, 0.15) is 5.69 Å². The summed E-state index contributed by atoms with van der Waals surface area (Å²) in [5, 5.41) is 6.86. The molecule has 0 aliphatic heterocycles. The molecule has 0 aliphatic carbocycles. The van der Waals surface area contributed by atoms with E-state index in [0.717, 1.165) is 9.21 Å². The van der Waals surface area contributed by atoms with Crippen molar-refractivity contribution in [3.8, 4) is 0 Å². The number of carbonyl (C=O) groups is 1. The fourth-order valence-electron chi connectivity index (χ4n) is 1.50. The summed E-state index contributed by atoms with van der Waals surface area (Å²) in [4.78, 5) is 12.9. The van der Waals surface area contributed by atoms with E-state index in [2.05, 4.69) is 10.4 Å². The number of nitrogens with one attached hydrogen (secondary N) is 1. The Kier molecular flexibility index (Phi) is 3.49. The lowest BCUT2D eigenvalue weighted by atomic mass is 10.2. The predicted molar refractivity (Wildman–Crippen MR) is 68.4 cm³/mol. The van der Waals surface area contributed by atoms with Crippen LogP contribution < -0.4 is 5.32 Å². The SMILES string of the molecule is CC(NC(=O)c1ccnn1C)c1ccc(Cl)s1. The number of hydrogen-bond acceptors (Lipinski definition) is 3. The van der Waals surface area contributed by atoms with Crippen LogP contribution in [0.1, 0.15) is 28.3 Å². The summed E-state index contributed by atoms with van der Waals surface area (Å²) in [7, 11) is 1.74. The molecule has 2 rings (SSSR count). The Labute approximate surface area is 108 Å². The first-order valence-electron chi connectivity index (χ1n) is 5.12. The number of aryl methyl sites for hydroxylation is 1. The lowest BCUT2D eigenvalue weighted by molar-refractivity contribution is 0.0931. The smallest absolute Gasteiger partial charge is 0.270 e. The quantitative estimate of drug-likeness (QED) is 0.931. The van der Waals surface area contributed by atoms with E-state index in [-0.39, 0.29) is 11.9 Å². The van der Waals surface area contributed by atoms with Crippen molar-refractivity contribution in [3.05, 3.63) is 39.3 Å². The van der Waals surface area contributed by atoms with E-state index >= 15 is 0 Å². The Bertz CT molecular complexity index is 534. The van der Waals surface area contributed by atoms with E-state index in [9.17, 15) is 4.79 Å². The first kappa shape index (κ1) is 12.1. The molecule has 4 nitrogen and oxygen atoms in total. The zero-order valence-corrected chi connectivity index (χ0v) is 11.0. The van der Waals surface area contributed by atoms with Crippen LogP contribution in [0.5, 0.6) is 0 Å². The number of hydrogen-bond donors (Lipinski definition) is 1. The van der Waals surface area contributed by atoms with Gasteiger partial charge in [0.2, 0.25) is 0 Å². The van der Waals surface area contributed by atoms with Crippen LogP contribution in [0.15, 0.2) is 24.4 Å². The minimum atomic E-state index is -0.137. The van der Waals surface area contributed by atoms with Gasteiger partial charge in [-0.1, -0.05) is 11.6 Å². The van der Waals surface area contributed by atoms with Gasteiger partial charge < -0.3 is 5.32 Å². The van der Waals surface area contributed by atoms with Gasteiger partial charge in [-0.3, -0.25) is 9.48 Å². The van der Waals surface area contributed by atoms with Crippen LogP contribution in [0.4, 0.5) is 0 Å². The maximum atomic E-state index is 11.9. The first-order chi connectivity index (χ1) is 8.08. The molecule has 0 bridgehead atoms. The molecule has 90 valence electrons. The van der Waals surface area contributed by atoms with E-state index in [4.69, 9.17) is 11.6 Å². The minimum Gasteiger partial charge on any atom is -0.343 e. The van der Waals surface area contributed by atoms with Gasteiger partial charge in [0, 0.05) is 18.1 Å². The monoisotopic (exact) mass is 269 g/mol. The molecule has 1 N–H and O–H groups in total. The van der Waals surface area contributed by atoms with Gasteiger partial charge in [0.25, 0.3) is 5.91 Å². The van der Waals surface area contributed by atoms with Gasteiger partial charge in [-0.05, 0) is 25.1 Å². The van der Waals surface area contributed by atoms with Gasteiger partial charge in [-0.15, -0.1) is 11.3 Å². The van der Waals surface area contributed by atoms with Gasteiger partial charge in [0.05, 0.1) is 10.4 Å². The molecule has 0 radical (unpaired) electrons. The predicted octanol–water partition coefficient (Wildman–Crippen LogP) is 2.63. The Balaban J connectivity index is 2.07. The highest BCUT2D eigenvalue weighted by molar-refractivity contribution is 7.16. The Hall–Kier alpha value is -1.33. The highest BCUT2D eigenvalue weighted by atomic mass is 35.5. The average molecular weight is 270 g/mol. The Morgan fingerprint density at radius 2 is 2.29 bits per heavy atom. The highest BCUT2D eigenvalue weighted by Crippen LogP contribution is 2.26. The van der Waals surface area contributed by atoms with Crippen molar-refractivity contribution < 1.29 is 4.79 Å². The van der Waals surface area contributed by atoms with Crippen LogP contribution in [0, 0.1) is 0 Å². The van der Waals surface area contributed by atoms with E-state index in [1.54, 1.807) is 24.0 Å². The summed E-state index contributed by atoms with van der Waals surface area (Å²) in [6.07, 6.45) is 1.60. The van der Waals surface area contributed by atoms with Crippen molar-refractivity contribution in [2.45, 2.75) is 13.0 Å². The number of halogens is 1. The summed E-state index contributed by atoms with van der Waals surface area (Å²) in [5.74, 6) is -0.137. The normalized spacial score (nSPS) is 12.4. The van der Waals surface area contributed by atoms with Crippen molar-refractivity contribution in [2.75, 3.05) is 0 Å². The number of thiophene rings is 1. The van der Waals surface area contributed by atoms with Crippen LogP contribution >= 0.6 is 22.9 Å². The molecule has 1 atom stereocenters. The second-order valence-electron chi connectivity index (χ2n) is 3.68. The van der Waals surface area contributed by atoms with Crippen LogP contribution in [0.25, 0.3) is 0 Å². The van der Waals surface area contributed by atoms with Crippen molar-refractivity contribution >= 4 is 28.8 Å². The van der Waals surface area contributed by atoms with Crippen LogP contribution in [0.3, 0.4) is 0 Å². The molecule has 2 aromatic rings. The van der Waals surface area contributed by atoms with Crippen molar-refractivity contribution in [2.24, 2.45) is 7.05 Å². The second kappa shape index (κ2) is 4.89. The van der Waals surface area contributed by atoms with Crippen LogP contribution in [0.2, 0.25) is 4.34 Å². The number of nitrogens with zero attached hydrogens (tertiary/aromatic N) is 2. The van der Waals surface area contributed by atoms with E-state index in [1.165, 1.54) is 11.3 Å². The van der Waals surface area contributed by atoms with Gasteiger partial charge >= 0.3 is 0 Å². The van der Waals surface area contributed by atoms with Gasteiger partial charge in [-0.25, -0.2) is 0 Å². The number of aromatic nitrogens is 2. The zero-order valence-electron chi connectivity index (χ0n) is 9.48. The molecule has 0 saturated carbocycles. The Morgan fingerprint density at radius 1 is 1.53 bits per heavy atom. The third-order valence-electron chi connectivity index (χ3n) is 2.42. The molecule has 17 heavy (non-hydrogen) atoms. The number of amides is 1.